The van der Waals surface area contributed by atoms with Gasteiger partial charge >= 0.3 is 6.09 Å². The number of carbonyl (C=O) groups excluding carboxylic acids is 1. The van der Waals surface area contributed by atoms with E-state index in [2.05, 4.69) is 45.2 Å². The predicted octanol–water partition coefficient (Wildman–Crippen LogP) is 6.06. The van der Waals surface area contributed by atoms with Crippen LogP contribution in [0.15, 0.2) is 35.4 Å². The molecule has 7 heteroatoms. The first kappa shape index (κ1) is 22.1. The van der Waals surface area contributed by atoms with Crippen molar-refractivity contribution in [3.05, 3.63) is 35.5 Å². The molecule has 29 heavy (non-hydrogen) atoms. The average molecular weight is 434 g/mol. The van der Waals surface area contributed by atoms with E-state index in [1.54, 1.807) is 13.8 Å². The summed E-state index contributed by atoms with van der Waals surface area (Å²) in [4.78, 5) is 17.3. The van der Waals surface area contributed by atoms with Crippen LogP contribution in [0.25, 0.3) is 10.4 Å². The Morgan fingerprint density at radius 3 is 2.52 bits per heavy atom. The Bertz CT molecular complexity index is 784. The number of benzene rings is 1. The number of carbonyl (C=O) groups is 1. The molecule has 2 heterocycles. The molecular formula is C22H31N3O2S2. The Morgan fingerprint density at radius 1 is 1.21 bits per heavy atom. The summed E-state index contributed by atoms with van der Waals surface area (Å²) in [6.07, 6.45) is 9.44. The number of aromatic nitrogens is 1. The van der Waals surface area contributed by atoms with Crippen LogP contribution in [0.2, 0.25) is 0 Å². The van der Waals surface area contributed by atoms with E-state index in [0.29, 0.717) is 5.92 Å². The van der Waals surface area contributed by atoms with Gasteiger partial charge in [0.15, 0.2) is 0 Å². The lowest BCUT2D eigenvalue weighted by atomic mass is 9.90. The van der Waals surface area contributed by atoms with E-state index in [1.807, 2.05) is 23.3 Å². The number of hydrogen-bond donors (Lipinski definition) is 1. The number of nitrogens with zero attached hydrogens (tertiary/aromatic N) is 2. The molecule has 2 aliphatic rings. The van der Waals surface area contributed by atoms with Crippen molar-refractivity contribution in [1.82, 2.24) is 9.29 Å². The Balaban J connectivity index is 0.000000298. The second-order valence-corrected chi connectivity index (χ2v) is 9.95. The number of nitrogens with two attached hydrogens (primary N) is 1. The maximum absolute atomic E-state index is 9.81. The summed E-state index contributed by atoms with van der Waals surface area (Å²) < 4.78 is 6.84. The van der Waals surface area contributed by atoms with Crippen molar-refractivity contribution in [3.8, 4) is 10.4 Å². The molecule has 0 bridgehead atoms. The van der Waals surface area contributed by atoms with Crippen LogP contribution < -0.4 is 5.73 Å². The highest BCUT2D eigenvalue weighted by Gasteiger charge is 2.21. The summed E-state index contributed by atoms with van der Waals surface area (Å²) in [7, 11) is 0. The van der Waals surface area contributed by atoms with E-state index < -0.39 is 6.09 Å². The molecule has 1 aromatic carbocycles. The van der Waals surface area contributed by atoms with Crippen LogP contribution in [-0.2, 0) is 4.74 Å². The standard InChI is InChI=1S/C18H22N2S2.C4H9NO2/c1-2-7-14(8-3-1)18-19-13-17(21-18)15-9-4-5-10-16(15)22-20-11-6-12-20;1-3(2)7-4(5)6/h4-5,9-10,13-14H,1-3,6-8,11-12H2;3H,1-2H3,(H2,5,6). The van der Waals surface area contributed by atoms with Gasteiger partial charge in [-0.05, 0) is 51.1 Å². The molecule has 1 aliphatic heterocycles. The van der Waals surface area contributed by atoms with Crippen LogP contribution in [0, 0.1) is 0 Å². The van der Waals surface area contributed by atoms with Gasteiger partial charge in [-0.25, -0.2) is 14.1 Å². The van der Waals surface area contributed by atoms with Gasteiger partial charge in [0.2, 0.25) is 0 Å². The van der Waals surface area contributed by atoms with Crippen LogP contribution in [-0.4, -0.2) is 34.6 Å². The molecule has 1 saturated heterocycles. The normalized spacial score (nSPS) is 17.3. The minimum atomic E-state index is -0.713. The quantitative estimate of drug-likeness (QED) is 0.580. The molecule has 1 aliphatic carbocycles. The van der Waals surface area contributed by atoms with Crippen LogP contribution in [0.4, 0.5) is 4.79 Å². The third-order valence-corrected chi connectivity index (χ3v) is 7.39. The topological polar surface area (TPSA) is 68.5 Å². The maximum atomic E-state index is 9.81. The zero-order valence-corrected chi connectivity index (χ0v) is 18.9. The Hall–Kier alpha value is -1.57. The molecule has 0 spiro atoms. The van der Waals surface area contributed by atoms with E-state index in [0.717, 1.165) is 0 Å². The molecule has 5 nitrogen and oxygen atoms in total. The maximum Gasteiger partial charge on any atom is 0.404 e. The molecule has 0 atom stereocenters. The summed E-state index contributed by atoms with van der Waals surface area (Å²) in [5, 5.41) is 1.36. The fraction of sp³-hybridized carbons (Fsp3) is 0.545. The van der Waals surface area contributed by atoms with Gasteiger partial charge in [-0.2, -0.15) is 0 Å². The number of rotatable bonds is 5. The van der Waals surface area contributed by atoms with Gasteiger partial charge < -0.3 is 10.5 Å². The van der Waals surface area contributed by atoms with E-state index in [9.17, 15) is 4.79 Å². The number of hydrogen-bond acceptors (Lipinski definition) is 6. The van der Waals surface area contributed by atoms with Crippen LogP contribution in [0.3, 0.4) is 0 Å². The van der Waals surface area contributed by atoms with Crippen molar-refractivity contribution in [2.75, 3.05) is 13.1 Å². The van der Waals surface area contributed by atoms with E-state index >= 15 is 0 Å². The monoisotopic (exact) mass is 433 g/mol. The first-order chi connectivity index (χ1) is 14.0. The van der Waals surface area contributed by atoms with Crippen molar-refractivity contribution < 1.29 is 9.53 Å². The summed E-state index contributed by atoms with van der Waals surface area (Å²) in [6.45, 7) is 5.92. The van der Waals surface area contributed by atoms with E-state index in [-0.39, 0.29) is 6.10 Å². The smallest absolute Gasteiger partial charge is 0.404 e. The molecule has 4 rings (SSSR count). The summed E-state index contributed by atoms with van der Waals surface area (Å²) in [5.74, 6) is 0.711. The highest BCUT2D eigenvalue weighted by Crippen LogP contribution is 2.41. The lowest BCUT2D eigenvalue weighted by Gasteiger charge is -2.29. The van der Waals surface area contributed by atoms with E-state index in [1.165, 1.54) is 72.0 Å². The Labute approximate surface area is 182 Å². The molecule has 1 saturated carbocycles. The van der Waals surface area contributed by atoms with Crippen LogP contribution in [0.5, 0.6) is 0 Å². The molecule has 1 amide bonds. The second kappa shape index (κ2) is 11.0. The van der Waals surface area contributed by atoms with Gasteiger partial charge in [-0.3, -0.25) is 0 Å². The number of amides is 1. The molecule has 0 radical (unpaired) electrons. The minimum absolute atomic E-state index is 0.0995. The Morgan fingerprint density at radius 2 is 1.93 bits per heavy atom. The average Bonchev–Trinajstić information content (AvgIpc) is 3.15. The molecule has 2 fully saturated rings. The fourth-order valence-electron chi connectivity index (χ4n) is 3.45. The summed E-state index contributed by atoms with van der Waals surface area (Å²) in [5.41, 5.74) is 5.99. The summed E-state index contributed by atoms with van der Waals surface area (Å²) in [6, 6.07) is 8.79. The highest BCUT2D eigenvalue weighted by atomic mass is 32.2. The minimum Gasteiger partial charge on any atom is -0.447 e. The van der Waals surface area contributed by atoms with Gasteiger partial charge in [0, 0.05) is 35.7 Å². The van der Waals surface area contributed by atoms with Crippen LogP contribution in [0.1, 0.15) is 63.3 Å². The van der Waals surface area contributed by atoms with Crippen molar-refractivity contribution >= 4 is 29.4 Å². The van der Waals surface area contributed by atoms with Gasteiger partial charge in [-0.15, -0.1) is 11.3 Å². The molecule has 2 aromatic rings. The lowest BCUT2D eigenvalue weighted by Crippen LogP contribution is -2.30. The number of ether oxygens (including phenoxy) is 1. The lowest BCUT2D eigenvalue weighted by molar-refractivity contribution is 0.125. The predicted molar refractivity (Wildman–Crippen MR) is 121 cm³/mol. The van der Waals surface area contributed by atoms with E-state index in [4.69, 9.17) is 4.98 Å². The van der Waals surface area contributed by atoms with Crippen molar-refractivity contribution in [2.45, 2.75) is 69.3 Å². The Kier molecular flexibility index (Phi) is 8.39. The van der Waals surface area contributed by atoms with Crippen molar-refractivity contribution in [2.24, 2.45) is 5.73 Å². The zero-order chi connectivity index (χ0) is 20.6. The van der Waals surface area contributed by atoms with Crippen LogP contribution >= 0.6 is 23.3 Å². The number of primary amides is 1. The molecular weight excluding hydrogens is 402 g/mol. The second-order valence-electron chi connectivity index (χ2n) is 7.75. The first-order valence-electron chi connectivity index (χ1n) is 10.5. The largest absolute Gasteiger partial charge is 0.447 e. The molecule has 158 valence electrons. The number of thiazole rings is 1. The highest BCUT2D eigenvalue weighted by molar-refractivity contribution is 7.97. The van der Waals surface area contributed by atoms with Crippen molar-refractivity contribution in [3.63, 3.8) is 0 Å². The van der Waals surface area contributed by atoms with Gasteiger partial charge in [0.1, 0.15) is 0 Å². The fourth-order valence-corrected chi connectivity index (χ4v) is 5.78. The molecule has 0 unspecified atom stereocenters. The molecule has 1 aromatic heterocycles. The zero-order valence-electron chi connectivity index (χ0n) is 17.3. The third kappa shape index (κ3) is 6.73. The summed E-state index contributed by atoms with van der Waals surface area (Å²) >= 11 is 3.83. The molecule has 2 N–H and O–H groups in total. The van der Waals surface area contributed by atoms with Gasteiger partial charge in [-0.1, -0.05) is 37.5 Å². The van der Waals surface area contributed by atoms with Gasteiger partial charge in [0.05, 0.1) is 16.0 Å². The third-order valence-electron chi connectivity index (χ3n) is 5.02. The first-order valence-corrected chi connectivity index (χ1v) is 12.1. The SMILES string of the molecule is CC(C)OC(N)=O.c1ccc(-c2cnc(C3CCCCC3)s2)c(SN2CCC2)c1. The van der Waals surface area contributed by atoms with Crippen molar-refractivity contribution in [1.29, 1.82) is 0 Å². The van der Waals surface area contributed by atoms with Gasteiger partial charge in [0.25, 0.3) is 0 Å².